The van der Waals surface area contributed by atoms with Gasteiger partial charge in [-0.2, -0.15) is 4.98 Å². The van der Waals surface area contributed by atoms with Crippen molar-refractivity contribution >= 4 is 78.5 Å². The molecule has 2 rings (SSSR count). The molecule has 0 aliphatic heterocycles. The third-order valence-corrected chi connectivity index (χ3v) is 7.34. The molecule has 33 heavy (non-hydrogen) atoms. The fourth-order valence-electron chi connectivity index (χ4n) is 2.13. The maximum absolute atomic E-state index is 11.9. The van der Waals surface area contributed by atoms with Gasteiger partial charge in [-0.1, -0.05) is 56.9 Å². The second kappa shape index (κ2) is 13.0. The number of anilines is 2. The van der Waals surface area contributed by atoms with Gasteiger partial charge in [-0.05, 0) is 6.07 Å². The zero-order chi connectivity index (χ0) is 24.4. The lowest BCUT2D eigenvalue weighted by Gasteiger charge is -2.09. The smallest absolute Gasteiger partial charge is 0.414 e. The number of carbonyl (C=O) groups is 2. The zero-order valence-electron chi connectivity index (χ0n) is 17.1. The lowest BCUT2D eigenvalue weighted by Crippen LogP contribution is -2.18. The van der Waals surface area contributed by atoms with E-state index < -0.39 is 27.7 Å². The Kier molecular flexibility index (Phi) is 10.8. The molecule has 1 amide bonds. The number of halogens is 2. The van der Waals surface area contributed by atoms with Crippen LogP contribution in [0.1, 0.15) is 0 Å². The summed E-state index contributed by atoms with van der Waals surface area (Å²) in [6, 6.07) is 4.95. The van der Waals surface area contributed by atoms with Crippen LogP contribution in [0.15, 0.2) is 18.2 Å². The van der Waals surface area contributed by atoms with Crippen LogP contribution < -0.4 is 11.1 Å². The minimum absolute atomic E-state index is 0.00587. The molecule has 16 heteroatoms. The largest absolute Gasteiger partial charge is 0.464 e. The highest BCUT2D eigenvalue weighted by Gasteiger charge is 2.15. The molecule has 0 radical (unpaired) electrons. The van der Waals surface area contributed by atoms with Crippen molar-refractivity contribution in [2.24, 2.45) is 0 Å². The van der Waals surface area contributed by atoms with E-state index in [4.69, 9.17) is 38.4 Å². The van der Waals surface area contributed by atoms with E-state index >= 15 is 0 Å². The fourth-order valence-corrected chi connectivity index (χ4v) is 4.68. The van der Waals surface area contributed by atoms with Crippen molar-refractivity contribution < 1.29 is 27.5 Å². The van der Waals surface area contributed by atoms with Crippen LogP contribution in [0.3, 0.4) is 0 Å². The monoisotopic (exact) mass is 555 g/mol. The van der Waals surface area contributed by atoms with E-state index in [0.717, 1.165) is 6.26 Å². The standard InChI is InChI=1S/C17H19Cl2N5O6S3/c1-33(27,28)9-12(25)29-5-7-31-32-8-6-30-17(26)22-16-21-15(20)14(23-24-16)10-3-2-4-11(18)13(10)19/h2-4H,5-9H2,1H3,(H3,20,21,22,24,26). The van der Waals surface area contributed by atoms with Crippen molar-refractivity contribution in [2.75, 3.05) is 47.8 Å². The van der Waals surface area contributed by atoms with Gasteiger partial charge in [0.25, 0.3) is 5.95 Å². The second-order valence-electron chi connectivity index (χ2n) is 6.17. The van der Waals surface area contributed by atoms with Crippen LogP contribution in [-0.4, -0.2) is 72.4 Å². The lowest BCUT2D eigenvalue weighted by molar-refractivity contribution is -0.139. The van der Waals surface area contributed by atoms with Gasteiger partial charge in [0.15, 0.2) is 15.7 Å². The van der Waals surface area contributed by atoms with Crippen LogP contribution in [0.2, 0.25) is 10.0 Å². The van der Waals surface area contributed by atoms with Gasteiger partial charge >= 0.3 is 12.1 Å². The molecule has 0 aliphatic rings. The van der Waals surface area contributed by atoms with E-state index in [1.807, 2.05) is 0 Å². The zero-order valence-corrected chi connectivity index (χ0v) is 21.1. The molecule has 180 valence electrons. The maximum atomic E-state index is 11.9. The average Bonchev–Trinajstić information content (AvgIpc) is 2.71. The summed E-state index contributed by atoms with van der Waals surface area (Å²) in [5.74, 6) is -0.665. The van der Waals surface area contributed by atoms with Gasteiger partial charge in [-0.25, -0.2) is 13.2 Å². The first kappa shape index (κ1) is 27.2. The van der Waals surface area contributed by atoms with Crippen molar-refractivity contribution in [1.82, 2.24) is 15.2 Å². The number of amides is 1. The second-order valence-corrected chi connectivity index (χ2v) is 11.8. The minimum Gasteiger partial charge on any atom is -0.464 e. The number of hydrogen-bond donors (Lipinski definition) is 2. The van der Waals surface area contributed by atoms with Gasteiger partial charge in [0.2, 0.25) is 0 Å². The summed E-state index contributed by atoms with van der Waals surface area (Å²) >= 11 is 12.1. The summed E-state index contributed by atoms with van der Waals surface area (Å²) in [4.78, 5) is 27.1. The Bertz CT molecular complexity index is 1110. The van der Waals surface area contributed by atoms with Gasteiger partial charge in [0.1, 0.15) is 24.7 Å². The third-order valence-electron chi connectivity index (χ3n) is 3.43. The highest BCUT2D eigenvalue weighted by Crippen LogP contribution is 2.34. The van der Waals surface area contributed by atoms with Gasteiger partial charge in [0, 0.05) is 23.3 Å². The van der Waals surface area contributed by atoms with Crippen molar-refractivity contribution in [3.8, 4) is 11.3 Å². The Labute approximate surface area is 207 Å². The molecule has 0 saturated carbocycles. The summed E-state index contributed by atoms with van der Waals surface area (Å²) < 4.78 is 31.7. The molecule has 0 spiro atoms. The summed E-state index contributed by atoms with van der Waals surface area (Å²) in [6.07, 6.45) is 0.170. The predicted molar refractivity (Wildman–Crippen MR) is 130 cm³/mol. The topological polar surface area (TPSA) is 163 Å². The van der Waals surface area contributed by atoms with Crippen LogP contribution in [0, 0.1) is 0 Å². The first-order chi connectivity index (χ1) is 15.6. The number of benzene rings is 1. The molecule has 0 aliphatic carbocycles. The predicted octanol–water partition coefficient (Wildman–Crippen LogP) is 2.95. The van der Waals surface area contributed by atoms with E-state index in [0.29, 0.717) is 22.1 Å². The Morgan fingerprint density at radius 1 is 1.12 bits per heavy atom. The van der Waals surface area contributed by atoms with E-state index in [-0.39, 0.29) is 35.7 Å². The van der Waals surface area contributed by atoms with Crippen LogP contribution in [0.25, 0.3) is 11.3 Å². The Morgan fingerprint density at radius 3 is 2.42 bits per heavy atom. The maximum Gasteiger partial charge on any atom is 0.414 e. The van der Waals surface area contributed by atoms with Crippen molar-refractivity contribution in [1.29, 1.82) is 0 Å². The van der Waals surface area contributed by atoms with Crippen LogP contribution >= 0.6 is 44.8 Å². The Morgan fingerprint density at radius 2 is 1.79 bits per heavy atom. The normalized spacial score (nSPS) is 11.1. The van der Waals surface area contributed by atoms with E-state index in [1.165, 1.54) is 21.6 Å². The van der Waals surface area contributed by atoms with E-state index in [1.54, 1.807) is 18.2 Å². The number of hydrogen-bond acceptors (Lipinski definition) is 12. The quantitative estimate of drug-likeness (QED) is 0.237. The SMILES string of the molecule is CS(=O)(=O)CC(=O)OCCSSCCOC(=O)Nc1nnc(-c2cccc(Cl)c2Cl)c(N)n1. The number of sulfone groups is 1. The summed E-state index contributed by atoms with van der Waals surface area (Å²) in [5, 5.41) is 10.6. The number of nitrogens with two attached hydrogens (primary N) is 1. The molecule has 1 heterocycles. The number of nitrogens with zero attached hydrogens (tertiary/aromatic N) is 3. The van der Waals surface area contributed by atoms with Crippen LogP contribution in [-0.2, 0) is 24.1 Å². The lowest BCUT2D eigenvalue weighted by atomic mass is 10.1. The molecule has 0 saturated heterocycles. The number of esters is 1. The first-order valence-corrected chi connectivity index (χ1v) is 14.3. The third kappa shape index (κ3) is 9.80. The molecule has 0 bridgehead atoms. The highest BCUT2D eigenvalue weighted by molar-refractivity contribution is 8.76. The average molecular weight is 556 g/mol. The molecule has 2 aromatic rings. The molecule has 0 fully saturated rings. The minimum atomic E-state index is -3.40. The molecular weight excluding hydrogens is 537 g/mol. The molecule has 11 nitrogen and oxygen atoms in total. The number of ether oxygens (including phenoxy) is 2. The van der Waals surface area contributed by atoms with Crippen molar-refractivity contribution in [3.63, 3.8) is 0 Å². The number of nitrogens with one attached hydrogen (secondary N) is 1. The van der Waals surface area contributed by atoms with Crippen LogP contribution in [0.5, 0.6) is 0 Å². The number of nitrogen functional groups attached to an aromatic ring is 1. The van der Waals surface area contributed by atoms with Gasteiger partial charge < -0.3 is 15.2 Å². The molecule has 1 aromatic carbocycles. The summed E-state index contributed by atoms with van der Waals surface area (Å²) in [6.45, 7) is 0.173. The highest BCUT2D eigenvalue weighted by atomic mass is 35.5. The van der Waals surface area contributed by atoms with Crippen LogP contribution in [0.4, 0.5) is 16.6 Å². The van der Waals surface area contributed by atoms with E-state index in [2.05, 4.69) is 20.5 Å². The van der Waals surface area contributed by atoms with Crippen molar-refractivity contribution in [3.05, 3.63) is 28.2 Å². The number of carbonyl (C=O) groups excluding carboxylic acids is 2. The molecular formula is C17H19Cl2N5O6S3. The van der Waals surface area contributed by atoms with E-state index in [9.17, 15) is 18.0 Å². The Balaban J connectivity index is 1.67. The summed E-state index contributed by atoms with van der Waals surface area (Å²) in [5.41, 5.74) is 6.58. The Hall–Kier alpha value is -2.00. The molecule has 3 N–H and O–H groups in total. The van der Waals surface area contributed by atoms with Gasteiger partial charge in [-0.3, -0.25) is 10.1 Å². The fraction of sp³-hybridized carbons (Fsp3) is 0.353. The van der Waals surface area contributed by atoms with Gasteiger partial charge in [0.05, 0.1) is 10.0 Å². The van der Waals surface area contributed by atoms with Gasteiger partial charge in [-0.15, -0.1) is 10.2 Å². The molecule has 0 unspecified atom stereocenters. The first-order valence-electron chi connectivity index (χ1n) is 9.03. The molecule has 0 atom stereocenters. The molecule has 1 aromatic heterocycles. The number of aromatic nitrogens is 3. The summed E-state index contributed by atoms with van der Waals surface area (Å²) in [7, 11) is -0.635. The van der Waals surface area contributed by atoms with Crippen molar-refractivity contribution in [2.45, 2.75) is 0 Å². The number of rotatable bonds is 11.